The Bertz CT molecular complexity index is 901. The number of aromatic nitrogens is 1. The lowest BCUT2D eigenvalue weighted by molar-refractivity contribution is 0.122. The van der Waals surface area contributed by atoms with Gasteiger partial charge in [-0.25, -0.2) is 0 Å². The summed E-state index contributed by atoms with van der Waals surface area (Å²) in [6.45, 7) is 6.57. The van der Waals surface area contributed by atoms with Crippen molar-refractivity contribution in [1.82, 2.24) is 9.88 Å². The molecule has 0 amide bonds. The third kappa shape index (κ3) is 3.46. The zero-order valence-electron chi connectivity index (χ0n) is 16.8. The van der Waals surface area contributed by atoms with E-state index in [2.05, 4.69) is 46.0 Å². The Hall–Kier alpha value is -2.25. The minimum absolute atomic E-state index is 0.00476. The van der Waals surface area contributed by atoms with E-state index in [0.29, 0.717) is 5.25 Å². The van der Waals surface area contributed by atoms with E-state index in [1.807, 2.05) is 30.1 Å². The summed E-state index contributed by atoms with van der Waals surface area (Å²) in [4.78, 5) is 14.5. The molecule has 0 radical (unpaired) electrons. The van der Waals surface area contributed by atoms with Gasteiger partial charge < -0.3 is 19.3 Å². The first-order valence-corrected chi connectivity index (χ1v) is 11.0. The van der Waals surface area contributed by atoms with Gasteiger partial charge >= 0.3 is 0 Å². The van der Waals surface area contributed by atoms with Crippen molar-refractivity contribution in [2.45, 2.75) is 24.3 Å². The molecule has 1 aromatic carbocycles. The van der Waals surface area contributed by atoms with Crippen LogP contribution < -0.4 is 9.64 Å². The SMILES string of the molecule is COc1cc([C@@H]2[C@@H](c3ccccn3)N=C3S[C@@H](C)CN32)ccc1N1CCOCC1. The van der Waals surface area contributed by atoms with Crippen LogP contribution in [-0.2, 0) is 4.74 Å². The van der Waals surface area contributed by atoms with Crippen LogP contribution in [0.5, 0.6) is 5.75 Å². The lowest BCUT2D eigenvalue weighted by Crippen LogP contribution is -2.36. The second-order valence-electron chi connectivity index (χ2n) is 7.67. The van der Waals surface area contributed by atoms with Crippen molar-refractivity contribution in [2.75, 3.05) is 44.9 Å². The van der Waals surface area contributed by atoms with Crippen molar-refractivity contribution in [1.29, 1.82) is 0 Å². The lowest BCUT2D eigenvalue weighted by atomic mass is 9.95. The normalized spacial score (nSPS) is 26.4. The summed E-state index contributed by atoms with van der Waals surface area (Å²) in [5.74, 6) is 0.914. The van der Waals surface area contributed by atoms with Crippen LogP contribution in [0.2, 0.25) is 0 Å². The van der Waals surface area contributed by atoms with Gasteiger partial charge in [0.15, 0.2) is 5.17 Å². The van der Waals surface area contributed by atoms with E-state index in [9.17, 15) is 0 Å². The molecule has 0 unspecified atom stereocenters. The molecule has 7 heteroatoms. The van der Waals surface area contributed by atoms with Crippen molar-refractivity contribution >= 4 is 22.6 Å². The van der Waals surface area contributed by atoms with E-state index in [4.69, 9.17) is 14.5 Å². The minimum Gasteiger partial charge on any atom is -0.495 e. The Kier molecular flexibility index (Phi) is 5.09. The van der Waals surface area contributed by atoms with E-state index >= 15 is 0 Å². The topological polar surface area (TPSA) is 50.2 Å². The van der Waals surface area contributed by atoms with Crippen molar-refractivity contribution in [3.05, 3.63) is 53.9 Å². The van der Waals surface area contributed by atoms with Gasteiger partial charge in [0.1, 0.15) is 11.8 Å². The number of pyridine rings is 1. The Morgan fingerprint density at radius 1 is 1.17 bits per heavy atom. The molecule has 0 bridgehead atoms. The van der Waals surface area contributed by atoms with E-state index in [1.165, 1.54) is 5.56 Å². The number of thioether (sulfide) groups is 1. The van der Waals surface area contributed by atoms with Gasteiger partial charge in [0.05, 0.1) is 37.7 Å². The number of aliphatic imine (C=N–C) groups is 1. The van der Waals surface area contributed by atoms with Crippen LogP contribution in [0.1, 0.15) is 30.3 Å². The largest absolute Gasteiger partial charge is 0.495 e. The number of fused-ring (bicyclic) bond motifs is 1. The number of anilines is 1. The smallest absolute Gasteiger partial charge is 0.160 e. The summed E-state index contributed by atoms with van der Waals surface area (Å²) in [6.07, 6.45) is 1.86. The molecule has 29 heavy (non-hydrogen) atoms. The van der Waals surface area contributed by atoms with Crippen LogP contribution in [0.15, 0.2) is 47.6 Å². The average Bonchev–Trinajstić information content (AvgIpc) is 3.30. The molecule has 0 spiro atoms. The highest BCUT2D eigenvalue weighted by Gasteiger charge is 2.43. The fourth-order valence-corrected chi connectivity index (χ4v) is 5.51. The number of amidine groups is 1. The maximum Gasteiger partial charge on any atom is 0.160 e. The summed E-state index contributed by atoms with van der Waals surface area (Å²) in [7, 11) is 1.75. The van der Waals surface area contributed by atoms with Crippen molar-refractivity contribution in [3.8, 4) is 5.75 Å². The summed E-state index contributed by atoms with van der Waals surface area (Å²) < 4.78 is 11.3. The first-order chi connectivity index (χ1) is 14.2. The number of benzene rings is 1. The number of methoxy groups -OCH3 is 1. The second kappa shape index (κ2) is 7.88. The van der Waals surface area contributed by atoms with Crippen LogP contribution in [0.4, 0.5) is 5.69 Å². The zero-order valence-corrected chi connectivity index (χ0v) is 17.6. The Labute approximate surface area is 175 Å². The van der Waals surface area contributed by atoms with Crippen LogP contribution in [0, 0.1) is 0 Å². The van der Waals surface area contributed by atoms with E-state index in [0.717, 1.165) is 55.1 Å². The number of nitrogens with zero attached hydrogens (tertiary/aromatic N) is 4. The Balaban J connectivity index is 1.52. The molecule has 0 aliphatic carbocycles. The molecule has 3 aliphatic rings. The van der Waals surface area contributed by atoms with Gasteiger partial charge in [-0.15, -0.1) is 0 Å². The summed E-state index contributed by atoms with van der Waals surface area (Å²) >= 11 is 1.86. The Morgan fingerprint density at radius 3 is 2.79 bits per heavy atom. The van der Waals surface area contributed by atoms with Crippen LogP contribution in [0.25, 0.3) is 0 Å². The predicted molar refractivity (Wildman–Crippen MR) is 117 cm³/mol. The van der Waals surface area contributed by atoms with Crippen LogP contribution in [-0.4, -0.2) is 60.3 Å². The highest BCUT2D eigenvalue weighted by molar-refractivity contribution is 8.14. The molecular weight excluding hydrogens is 384 g/mol. The van der Waals surface area contributed by atoms with Gasteiger partial charge in [0.25, 0.3) is 0 Å². The molecule has 2 aromatic rings. The highest BCUT2D eigenvalue weighted by Crippen LogP contribution is 2.48. The minimum atomic E-state index is 0.00476. The van der Waals surface area contributed by atoms with Gasteiger partial charge in [-0.2, -0.15) is 0 Å². The van der Waals surface area contributed by atoms with Crippen molar-refractivity contribution in [3.63, 3.8) is 0 Å². The summed E-state index contributed by atoms with van der Waals surface area (Å²) in [5.41, 5.74) is 3.38. The van der Waals surface area contributed by atoms with E-state index in [-0.39, 0.29) is 12.1 Å². The maximum atomic E-state index is 5.81. The van der Waals surface area contributed by atoms with Crippen LogP contribution in [0.3, 0.4) is 0 Å². The quantitative estimate of drug-likeness (QED) is 0.769. The third-order valence-corrected chi connectivity index (χ3v) is 6.88. The monoisotopic (exact) mass is 410 g/mol. The molecule has 3 aliphatic heterocycles. The summed E-state index contributed by atoms with van der Waals surface area (Å²) in [5, 5.41) is 1.69. The number of ether oxygens (including phenoxy) is 2. The third-order valence-electron chi connectivity index (χ3n) is 5.78. The summed E-state index contributed by atoms with van der Waals surface area (Å²) in [6, 6.07) is 12.9. The molecule has 5 rings (SSSR count). The Morgan fingerprint density at radius 2 is 2.03 bits per heavy atom. The first-order valence-electron chi connectivity index (χ1n) is 10.2. The van der Waals surface area contributed by atoms with Crippen molar-refractivity contribution in [2.24, 2.45) is 4.99 Å². The zero-order chi connectivity index (χ0) is 19.8. The molecular formula is C22H26N4O2S. The van der Waals surface area contributed by atoms with Crippen molar-refractivity contribution < 1.29 is 9.47 Å². The van der Waals surface area contributed by atoms with E-state index in [1.54, 1.807) is 7.11 Å². The predicted octanol–water partition coefficient (Wildman–Crippen LogP) is 3.52. The number of morpholine rings is 1. The maximum absolute atomic E-state index is 5.81. The lowest BCUT2D eigenvalue weighted by Gasteiger charge is -2.32. The molecule has 4 heterocycles. The number of hydrogen-bond donors (Lipinski definition) is 0. The molecule has 0 saturated carbocycles. The molecule has 1 aromatic heterocycles. The fraction of sp³-hybridized carbons (Fsp3) is 0.455. The van der Waals surface area contributed by atoms with Crippen LogP contribution >= 0.6 is 11.8 Å². The van der Waals surface area contributed by atoms with Gasteiger partial charge in [0.2, 0.25) is 0 Å². The number of rotatable bonds is 4. The fourth-order valence-electron chi connectivity index (χ4n) is 4.42. The van der Waals surface area contributed by atoms with Gasteiger partial charge in [-0.3, -0.25) is 9.98 Å². The highest BCUT2D eigenvalue weighted by atomic mass is 32.2. The molecule has 6 nitrogen and oxygen atoms in total. The van der Waals surface area contributed by atoms with Gasteiger partial charge in [-0.1, -0.05) is 30.8 Å². The molecule has 0 N–H and O–H groups in total. The first kappa shape index (κ1) is 18.8. The number of hydrogen-bond acceptors (Lipinski definition) is 7. The average molecular weight is 411 g/mol. The van der Waals surface area contributed by atoms with Gasteiger partial charge in [0, 0.05) is 31.1 Å². The second-order valence-corrected chi connectivity index (χ2v) is 9.07. The molecule has 2 fully saturated rings. The van der Waals surface area contributed by atoms with Gasteiger partial charge in [-0.05, 0) is 29.8 Å². The molecule has 2 saturated heterocycles. The standard InChI is InChI=1S/C22H26N4O2S/c1-15-14-26-21(20(24-22(26)29-15)17-5-3-4-8-23-17)16-6-7-18(19(13-16)27-2)25-9-11-28-12-10-25/h3-8,13,15,20-21H,9-12,14H2,1-2H3/t15-,20+,21+/m0/s1. The molecule has 152 valence electrons. The van der Waals surface area contributed by atoms with E-state index < -0.39 is 0 Å². The molecule has 3 atom stereocenters.